The van der Waals surface area contributed by atoms with Gasteiger partial charge >= 0.3 is 12.4 Å². The van der Waals surface area contributed by atoms with Crippen molar-refractivity contribution in [1.82, 2.24) is 19.7 Å². The Hall–Kier alpha value is -3.70. The first-order chi connectivity index (χ1) is 24.3. The quantitative estimate of drug-likeness (QED) is 0.110. The minimum Gasteiger partial charge on any atom is -0.394 e. The summed E-state index contributed by atoms with van der Waals surface area (Å²) >= 11 is 0. The number of piperazine rings is 1. The first kappa shape index (κ1) is 38.5. The standard InChI is InChI=1S/C35H43F6N5O5/c1-23(43-51-11-10-45-29(19-48-2)21-50-22-30(45)20-49-3)17-44-8-9-46(28(18-44)14-25-16-42-32-7-5-4-6-31(25)32)33(47)24-12-26(34(36,37)38)15-27(13-24)35(39,40)41/h4-7,12-13,15-16,28-30,42H,8-11,14,17-22H2,1-3H3/t28-,29-,30+/m1/s1. The number of ether oxygens (including phenoxy) is 3. The van der Waals surface area contributed by atoms with Crippen molar-refractivity contribution in [3.8, 4) is 0 Å². The Bertz CT molecular complexity index is 1600. The van der Waals surface area contributed by atoms with Gasteiger partial charge in [-0.1, -0.05) is 23.4 Å². The van der Waals surface area contributed by atoms with E-state index >= 15 is 0 Å². The molecule has 16 heteroatoms. The minimum atomic E-state index is -5.07. The summed E-state index contributed by atoms with van der Waals surface area (Å²) in [6, 6.07) is 8.07. The number of benzene rings is 2. The first-order valence-corrected chi connectivity index (χ1v) is 16.6. The highest BCUT2D eigenvalue weighted by atomic mass is 19.4. The van der Waals surface area contributed by atoms with Crippen LogP contribution in [0.3, 0.4) is 0 Å². The van der Waals surface area contributed by atoms with Gasteiger partial charge in [0, 0.05) is 75.6 Å². The van der Waals surface area contributed by atoms with Crippen molar-refractivity contribution < 1.29 is 50.2 Å². The van der Waals surface area contributed by atoms with Gasteiger partial charge in [0.15, 0.2) is 0 Å². The molecule has 0 unspecified atom stereocenters. The highest BCUT2D eigenvalue weighted by molar-refractivity contribution is 5.95. The average Bonchev–Trinajstić information content (AvgIpc) is 3.49. The van der Waals surface area contributed by atoms with Crippen molar-refractivity contribution in [3.63, 3.8) is 0 Å². The summed E-state index contributed by atoms with van der Waals surface area (Å²) in [5, 5.41) is 5.22. The Kier molecular flexibility index (Phi) is 12.7. The molecule has 2 fully saturated rings. The fraction of sp³-hybridized carbons (Fsp3) is 0.543. The van der Waals surface area contributed by atoms with E-state index in [1.807, 2.05) is 42.3 Å². The van der Waals surface area contributed by atoms with Crippen LogP contribution in [0.25, 0.3) is 10.9 Å². The number of aromatic nitrogens is 1. The molecule has 280 valence electrons. The zero-order chi connectivity index (χ0) is 36.8. The molecule has 0 radical (unpaired) electrons. The number of carbonyl (C=O) groups excluding carboxylic acids is 1. The Morgan fingerprint density at radius 1 is 0.941 bits per heavy atom. The van der Waals surface area contributed by atoms with E-state index in [9.17, 15) is 31.1 Å². The smallest absolute Gasteiger partial charge is 0.394 e. The van der Waals surface area contributed by atoms with Crippen LogP contribution in [0.2, 0.25) is 0 Å². The number of H-pyrrole nitrogens is 1. The molecule has 0 aliphatic carbocycles. The number of carbonyl (C=O) groups is 1. The molecule has 3 atom stereocenters. The number of fused-ring (bicyclic) bond motifs is 1. The molecule has 0 saturated carbocycles. The molecule has 10 nitrogen and oxygen atoms in total. The molecule has 1 amide bonds. The van der Waals surface area contributed by atoms with Crippen molar-refractivity contribution in [1.29, 1.82) is 0 Å². The summed E-state index contributed by atoms with van der Waals surface area (Å²) in [7, 11) is 3.27. The number of halogens is 6. The van der Waals surface area contributed by atoms with E-state index in [0.717, 1.165) is 16.5 Å². The normalized spacial score (nSPS) is 21.4. The zero-order valence-electron chi connectivity index (χ0n) is 28.7. The number of nitrogens with one attached hydrogen (secondary N) is 1. The van der Waals surface area contributed by atoms with Crippen LogP contribution in [-0.2, 0) is 37.8 Å². The Morgan fingerprint density at radius 3 is 2.22 bits per heavy atom. The predicted octanol–water partition coefficient (Wildman–Crippen LogP) is 5.33. The van der Waals surface area contributed by atoms with Crippen LogP contribution in [0.5, 0.6) is 0 Å². The van der Waals surface area contributed by atoms with Gasteiger partial charge in [0.1, 0.15) is 6.61 Å². The molecule has 0 bridgehead atoms. The SMILES string of the molecule is COC[C@@H]1COC[C@H](COC)N1CCON=C(C)CN1CCN(C(=O)c2cc(C(F)(F)F)cc(C(F)(F)F)c2)[C@H](Cc2c[nH]c3ccccc23)C1. The topological polar surface area (TPSA) is 91.9 Å². The van der Waals surface area contributed by atoms with Gasteiger partial charge in [-0.3, -0.25) is 14.6 Å². The summed E-state index contributed by atoms with van der Waals surface area (Å²) < 4.78 is 98.4. The zero-order valence-corrected chi connectivity index (χ0v) is 28.7. The van der Waals surface area contributed by atoms with Crippen molar-refractivity contribution in [3.05, 3.63) is 70.9 Å². The monoisotopic (exact) mass is 727 g/mol. The summed E-state index contributed by atoms with van der Waals surface area (Å²) in [5.74, 6) is -0.897. The number of aromatic amines is 1. The molecule has 2 aliphatic heterocycles. The predicted molar refractivity (Wildman–Crippen MR) is 178 cm³/mol. The van der Waals surface area contributed by atoms with Gasteiger partial charge in [0.05, 0.1) is 55.3 Å². The highest BCUT2D eigenvalue weighted by Crippen LogP contribution is 2.37. The molecule has 51 heavy (non-hydrogen) atoms. The molecule has 1 aromatic heterocycles. The number of para-hydroxylation sites is 1. The van der Waals surface area contributed by atoms with Gasteiger partial charge in [0.25, 0.3) is 5.91 Å². The second kappa shape index (κ2) is 16.8. The van der Waals surface area contributed by atoms with Crippen molar-refractivity contribution >= 4 is 22.5 Å². The van der Waals surface area contributed by atoms with Gasteiger partial charge in [-0.25, -0.2) is 0 Å². The van der Waals surface area contributed by atoms with Gasteiger partial charge in [0.2, 0.25) is 0 Å². The maximum Gasteiger partial charge on any atom is 0.416 e. The van der Waals surface area contributed by atoms with E-state index in [2.05, 4.69) is 15.0 Å². The van der Waals surface area contributed by atoms with Crippen molar-refractivity contribution in [2.75, 3.05) is 80.0 Å². The fourth-order valence-corrected chi connectivity index (χ4v) is 6.83. The number of methoxy groups -OCH3 is 2. The number of hydrogen-bond donors (Lipinski definition) is 1. The third kappa shape index (κ3) is 9.80. The van der Waals surface area contributed by atoms with Gasteiger partial charge in [-0.2, -0.15) is 26.3 Å². The second-order valence-corrected chi connectivity index (χ2v) is 12.9. The number of alkyl halides is 6. The van der Waals surface area contributed by atoms with E-state index in [1.54, 1.807) is 14.2 Å². The Morgan fingerprint density at radius 2 is 1.59 bits per heavy atom. The number of rotatable bonds is 13. The van der Waals surface area contributed by atoms with Crippen LogP contribution in [0.15, 0.2) is 53.8 Å². The molecule has 2 saturated heterocycles. The van der Waals surface area contributed by atoms with Crippen LogP contribution >= 0.6 is 0 Å². The number of nitrogens with zero attached hydrogens (tertiary/aromatic N) is 4. The third-order valence-corrected chi connectivity index (χ3v) is 9.18. The average molecular weight is 728 g/mol. The van der Waals surface area contributed by atoms with Crippen LogP contribution in [0, 0.1) is 0 Å². The van der Waals surface area contributed by atoms with Crippen LogP contribution in [-0.4, -0.2) is 129 Å². The number of oxime groups is 1. The Balaban J connectivity index is 1.30. The van der Waals surface area contributed by atoms with E-state index in [0.29, 0.717) is 83.5 Å². The lowest BCUT2D eigenvalue weighted by atomic mass is 9.98. The first-order valence-electron chi connectivity index (χ1n) is 16.6. The largest absolute Gasteiger partial charge is 0.416 e. The van der Waals surface area contributed by atoms with Crippen molar-refractivity contribution in [2.24, 2.45) is 5.16 Å². The van der Waals surface area contributed by atoms with E-state index in [4.69, 9.17) is 19.0 Å². The minimum absolute atomic E-state index is 0.0270. The highest BCUT2D eigenvalue weighted by Gasteiger charge is 2.39. The molecular formula is C35H43F6N5O5. The molecular weight excluding hydrogens is 684 g/mol. The van der Waals surface area contributed by atoms with E-state index in [-0.39, 0.29) is 24.7 Å². The van der Waals surface area contributed by atoms with E-state index in [1.165, 1.54) is 4.90 Å². The maximum absolute atomic E-state index is 13.8. The lowest BCUT2D eigenvalue weighted by Crippen LogP contribution is -2.56. The van der Waals surface area contributed by atoms with Crippen LogP contribution in [0.1, 0.15) is 34.0 Å². The lowest BCUT2D eigenvalue weighted by Gasteiger charge is -2.41. The molecule has 0 spiro atoms. The molecule has 2 aliphatic rings. The van der Waals surface area contributed by atoms with Crippen molar-refractivity contribution in [2.45, 2.75) is 43.8 Å². The molecule has 2 aromatic carbocycles. The maximum atomic E-state index is 13.8. The summed E-state index contributed by atoms with van der Waals surface area (Å²) in [5.41, 5.74) is -1.33. The summed E-state index contributed by atoms with van der Waals surface area (Å²) in [6.07, 6.45) is -8.02. The molecule has 3 heterocycles. The number of amides is 1. The third-order valence-electron chi connectivity index (χ3n) is 9.18. The number of morpholine rings is 1. The van der Waals surface area contributed by atoms with Gasteiger partial charge < -0.3 is 28.9 Å². The molecule has 5 rings (SSSR count). The second-order valence-electron chi connectivity index (χ2n) is 12.9. The fourth-order valence-electron chi connectivity index (χ4n) is 6.83. The van der Waals surface area contributed by atoms with Crippen LogP contribution < -0.4 is 0 Å². The van der Waals surface area contributed by atoms with Crippen LogP contribution in [0.4, 0.5) is 26.3 Å². The van der Waals surface area contributed by atoms with Gasteiger partial charge in [-0.15, -0.1) is 0 Å². The number of hydrogen-bond acceptors (Lipinski definition) is 8. The lowest BCUT2D eigenvalue weighted by molar-refractivity contribution is -0.143. The van der Waals surface area contributed by atoms with Gasteiger partial charge in [-0.05, 0) is 43.2 Å². The van der Waals surface area contributed by atoms with E-state index < -0.39 is 41.0 Å². The Labute approximate surface area is 292 Å². The summed E-state index contributed by atoms with van der Waals surface area (Å²) in [6.45, 7) is 5.81. The molecule has 3 aromatic rings. The molecule has 1 N–H and O–H groups in total. The summed E-state index contributed by atoms with van der Waals surface area (Å²) in [4.78, 5) is 28.4.